The Kier molecular flexibility index (Phi) is 4.30. The van der Waals surface area contributed by atoms with Gasteiger partial charge in [-0.3, -0.25) is 4.79 Å². The lowest BCUT2D eigenvalue weighted by atomic mass is 10.1. The van der Waals surface area contributed by atoms with Crippen LogP contribution >= 0.6 is 11.6 Å². The van der Waals surface area contributed by atoms with E-state index in [9.17, 15) is 4.79 Å². The topological polar surface area (TPSA) is 63.6 Å². The minimum Gasteiger partial charge on any atom is -0.399 e. The molecule has 27 heavy (non-hydrogen) atoms. The van der Waals surface area contributed by atoms with Gasteiger partial charge in [-0.05, 0) is 54.1 Å². The first-order valence-electron chi connectivity index (χ1n) is 8.40. The smallest absolute Gasteiger partial charge is 0.258 e. The van der Waals surface area contributed by atoms with Gasteiger partial charge in [-0.2, -0.15) is 5.10 Å². The van der Waals surface area contributed by atoms with Crippen LogP contribution in [0.3, 0.4) is 0 Å². The van der Waals surface area contributed by atoms with Crippen LogP contribution in [0.25, 0.3) is 16.6 Å². The lowest BCUT2D eigenvalue weighted by Gasteiger charge is -2.17. The summed E-state index contributed by atoms with van der Waals surface area (Å²) in [6.07, 6.45) is 3.58. The molecule has 0 aliphatic rings. The Bertz CT molecular complexity index is 1120. The molecule has 0 fully saturated rings. The molecule has 4 aromatic rings. The van der Waals surface area contributed by atoms with E-state index in [2.05, 4.69) is 5.10 Å². The first kappa shape index (κ1) is 17.1. The standard InChI is InChI=1S/C21H17ClN4O/c1-25(18-8-4-16(22)5-9-18)21(27)15-10-11-26-20(12-15)19(13-24-26)14-2-6-17(23)7-3-14/h2-13H,23H2,1H3. The van der Waals surface area contributed by atoms with Gasteiger partial charge in [0.1, 0.15) is 0 Å². The summed E-state index contributed by atoms with van der Waals surface area (Å²) in [6, 6.07) is 18.4. The molecular formula is C21H17ClN4O. The molecule has 0 aliphatic heterocycles. The van der Waals surface area contributed by atoms with Crippen LogP contribution in [-0.2, 0) is 0 Å². The molecule has 2 N–H and O–H groups in total. The Hall–Kier alpha value is -3.31. The van der Waals surface area contributed by atoms with Crippen molar-refractivity contribution >= 4 is 34.4 Å². The predicted molar refractivity (Wildman–Crippen MR) is 109 cm³/mol. The number of anilines is 2. The first-order valence-corrected chi connectivity index (χ1v) is 8.77. The van der Waals surface area contributed by atoms with Crippen molar-refractivity contribution in [2.75, 3.05) is 17.7 Å². The third-order valence-corrected chi connectivity index (χ3v) is 4.76. The number of pyridine rings is 1. The molecule has 2 aromatic heterocycles. The number of nitrogens with two attached hydrogens (primary N) is 1. The molecule has 0 atom stereocenters. The number of carbonyl (C=O) groups is 1. The van der Waals surface area contributed by atoms with Gasteiger partial charge >= 0.3 is 0 Å². The Balaban J connectivity index is 1.72. The number of hydrogen-bond donors (Lipinski definition) is 1. The lowest BCUT2D eigenvalue weighted by molar-refractivity contribution is 0.0993. The monoisotopic (exact) mass is 376 g/mol. The van der Waals surface area contributed by atoms with Gasteiger partial charge in [0.05, 0.1) is 11.7 Å². The number of halogens is 1. The first-order chi connectivity index (χ1) is 13.0. The van der Waals surface area contributed by atoms with Crippen molar-refractivity contribution in [2.45, 2.75) is 0 Å². The van der Waals surface area contributed by atoms with E-state index in [1.165, 1.54) is 0 Å². The molecular weight excluding hydrogens is 360 g/mol. The summed E-state index contributed by atoms with van der Waals surface area (Å²) >= 11 is 5.93. The van der Waals surface area contributed by atoms with Gasteiger partial charge in [-0.25, -0.2) is 4.52 Å². The summed E-state index contributed by atoms with van der Waals surface area (Å²) in [5.41, 5.74) is 10.6. The largest absolute Gasteiger partial charge is 0.399 e. The second-order valence-electron chi connectivity index (χ2n) is 6.27. The van der Waals surface area contributed by atoms with Crippen molar-refractivity contribution in [1.82, 2.24) is 9.61 Å². The fraction of sp³-hybridized carbons (Fsp3) is 0.0476. The number of fused-ring (bicyclic) bond motifs is 1. The maximum Gasteiger partial charge on any atom is 0.258 e. The zero-order chi connectivity index (χ0) is 19.0. The molecule has 4 rings (SSSR count). The zero-order valence-corrected chi connectivity index (χ0v) is 15.4. The normalized spacial score (nSPS) is 10.9. The van der Waals surface area contributed by atoms with Crippen molar-refractivity contribution in [3.05, 3.63) is 83.6 Å². The summed E-state index contributed by atoms with van der Waals surface area (Å²) in [4.78, 5) is 14.5. The van der Waals surface area contributed by atoms with Crippen LogP contribution < -0.4 is 10.6 Å². The zero-order valence-electron chi connectivity index (χ0n) is 14.6. The van der Waals surface area contributed by atoms with Gasteiger partial charge in [0.2, 0.25) is 0 Å². The van der Waals surface area contributed by atoms with Crippen LogP contribution in [0.4, 0.5) is 11.4 Å². The number of nitrogens with zero attached hydrogens (tertiary/aromatic N) is 3. The molecule has 134 valence electrons. The number of benzene rings is 2. The quantitative estimate of drug-likeness (QED) is 0.535. The Morgan fingerprint density at radius 2 is 1.78 bits per heavy atom. The Morgan fingerprint density at radius 1 is 1.07 bits per heavy atom. The number of carbonyl (C=O) groups excluding carboxylic acids is 1. The highest BCUT2D eigenvalue weighted by atomic mass is 35.5. The van der Waals surface area contributed by atoms with Crippen LogP contribution in [0.5, 0.6) is 0 Å². The molecule has 0 aliphatic carbocycles. The highest BCUT2D eigenvalue weighted by Crippen LogP contribution is 2.26. The Morgan fingerprint density at radius 3 is 2.48 bits per heavy atom. The summed E-state index contributed by atoms with van der Waals surface area (Å²) < 4.78 is 1.75. The van der Waals surface area contributed by atoms with E-state index in [0.717, 1.165) is 22.3 Å². The van der Waals surface area contributed by atoms with Gasteiger partial charge in [-0.1, -0.05) is 23.7 Å². The highest BCUT2D eigenvalue weighted by Gasteiger charge is 2.16. The van der Waals surface area contributed by atoms with E-state index in [-0.39, 0.29) is 5.91 Å². The molecule has 0 saturated carbocycles. The van der Waals surface area contributed by atoms with Crippen LogP contribution in [0.15, 0.2) is 73.1 Å². The minimum atomic E-state index is -0.107. The number of rotatable bonds is 3. The van der Waals surface area contributed by atoms with Gasteiger partial charge in [0.15, 0.2) is 0 Å². The molecule has 0 spiro atoms. The van der Waals surface area contributed by atoms with Crippen molar-refractivity contribution in [1.29, 1.82) is 0 Å². The Labute approximate surface area is 161 Å². The van der Waals surface area contributed by atoms with E-state index >= 15 is 0 Å². The number of nitrogen functional groups attached to an aromatic ring is 1. The van der Waals surface area contributed by atoms with Crippen LogP contribution in [0.2, 0.25) is 5.02 Å². The summed E-state index contributed by atoms with van der Waals surface area (Å²) in [7, 11) is 1.74. The van der Waals surface area contributed by atoms with Crippen molar-refractivity contribution in [3.8, 4) is 11.1 Å². The average molecular weight is 377 g/mol. The van der Waals surface area contributed by atoms with Gasteiger partial charge in [-0.15, -0.1) is 0 Å². The van der Waals surface area contributed by atoms with E-state index in [0.29, 0.717) is 16.3 Å². The van der Waals surface area contributed by atoms with E-state index in [4.69, 9.17) is 17.3 Å². The second kappa shape index (κ2) is 6.78. The SMILES string of the molecule is CN(C(=O)c1ccn2ncc(-c3ccc(N)cc3)c2c1)c1ccc(Cl)cc1. The van der Waals surface area contributed by atoms with E-state index in [1.807, 2.05) is 42.5 Å². The van der Waals surface area contributed by atoms with Crippen molar-refractivity contribution in [2.24, 2.45) is 0 Å². The number of hydrogen-bond acceptors (Lipinski definition) is 3. The average Bonchev–Trinajstić information content (AvgIpc) is 3.11. The highest BCUT2D eigenvalue weighted by molar-refractivity contribution is 6.30. The number of amides is 1. The molecule has 0 radical (unpaired) electrons. The fourth-order valence-electron chi connectivity index (χ4n) is 2.97. The molecule has 5 nitrogen and oxygen atoms in total. The predicted octanol–water partition coefficient (Wildman–Crippen LogP) is 4.51. The molecule has 0 saturated heterocycles. The lowest BCUT2D eigenvalue weighted by Crippen LogP contribution is -2.26. The van der Waals surface area contributed by atoms with Gasteiger partial charge in [0.25, 0.3) is 5.91 Å². The van der Waals surface area contributed by atoms with Crippen LogP contribution in [0.1, 0.15) is 10.4 Å². The third-order valence-electron chi connectivity index (χ3n) is 4.51. The summed E-state index contributed by atoms with van der Waals surface area (Å²) in [5.74, 6) is -0.107. The number of aromatic nitrogens is 2. The van der Waals surface area contributed by atoms with E-state index in [1.54, 1.807) is 47.1 Å². The minimum absolute atomic E-state index is 0.107. The molecule has 6 heteroatoms. The molecule has 0 bridgehead atoms. The van der Waals surface area contributed by atoms with Crippen molar-refractivity contribution in [3.63, 3.8) is 0 Å². The molecule has 1 amide bonds. The van der Waals surface area contributed by atoms with Crippen LogP contribution in [0, 0.1) is 0 Å². The van der Waals surface area contributed by atoms with Gasteiger partial charge in [0, 0.05) is 40.8 Å². The van der Waals surface area contributed by atoms with Gasteiger partial charge < -0.3 is 10.6 Å². The fourth-order valence-corrected chi connectivity index (χ4v) is 3.10. The van der Waals surface area contributed by atoms with E-state index < -0.39 is 0 Å². The van der Waals surface area contributed by atoms with Crippen LogP contribution in [-0.4, -0.2) is 22.6 Å². The molecule has 2 aromatic carbocycles. The third kappa shape index (κ3) is 3.25. The maximum absolute atomic E-state index is 12.9. The summed E-state index contributed by atoms with van der Waals surface area (Å²) in [5, 5.41) is 5.01. The second-order valence-corrected chi connectivity index (χ2v) is 6.70. The maximum atomic E-state index is 12.9. The summed E-state index contributed by atoms with van der Waals surface area (Å²) in [6.45, 7) is 0. The molecule has 2 heterocycles. The molecule has 0 unspecified atom stereocenters. The van der Waals surface area contributed by atoms with Crippen molar-refractivity contribution < 1.29 is 4.79 Å².